The zero-order chi connectivity index (χ0) is 7.28. The third-order valence-corrected chi connectivity index (χ3v) is 2.30. The van der Waals surface area contributed by atoms with Crippen LogP contribution in [0.5, 0.6) is 0 Å². The highest BCUT2D eigenvalue weighted by molar-refractivity contribution is 7.09. The van der Waals surface area contributed by atoms with E-state index in [2.05, 4.69) is 13.2 Å². The molecule has 0 spiro atoms. The van der Waals surface area contributed by atoms with E-state index in [0.29, 0.717) is 10.0 Å². The van der Waals surface area contributed by atoms with Gasteiger partial charge in [-0.1, -0.05) is 23.2 Å². The van der Waals surface area contributed by atoms with Crippen molar-refractivity contribution in [1.29, 1.82) is 0 Å². The van der Waals surface area contributed by atoms with E-state index in [0.717, 1.165) is 0 Å². The van der Waals surface area contributed by atoms with Gasteiger partial charge in [0.2, 0.25) is 0 Å². The minimum atomic E-state index is 0.645. The van der Waals surface area contributed by atoms with E-state index < -0.39 is 0 Å². The molecule has 0 aliphatic rings. The number of halogens is 2. The lowest BCUT2D eigenvalue weighted by Gasteiger charge is -1.73. The molecule has 0 atom stereocenters. The Morgan fingerprint density at radius 1 is 1.11 bits per heavy atom. The minimum Gasteiger partial charge on any atom is -0.149 e. The topological polar surface area (TPSA) is 0 Å². The second-order valence-corrected chi connectivity index (χ2v) is 2.63. The molecule has 3 heteroatoms. The average Bonchev–Trinajstić information content (AvgIpc) is 2.23. The van der Waals surface area contributed by atoms with Crippen molar-refractivity contribution in [3.05, 3.63) is 34.0 Å². The third-order valence-electron chi connectivity index (χ3n) is 0.571. The van der Waals surface area contributed by atoms with Crippen molar-refractivity contribution in [1.82, 2.24) is 0 Å². The van der Waals surface area contributed by atoms with Gasteiger partial charge in [0.15, 0.2) is 0 Å². The SMILES string of the molecule is C=C.Clc1cscc1Cl. The van der Waals surface area contributed by atoms with E-state index in [1.165, 1.54) is 11.3 Å². The lowest BCUT2D eigenvalue weighted by molar-refractivity contribution is 2.00. The molecule has 1 aromatic heterocycles. The van der Waals surface area contributed by atoms with Crippen LogP contribution in [0.2, 0.25) is 10.0 Å². The summed E-state index contributed by atoms with van der Waals surface area (Å²) in [5.41, 5.74) is 0. The molecule has 1 heterocycles. The van der Waals surface area contributed by atoms with Crippen LogP contribution >= 0.6 is 34.5 Å². The van der Waals surface area contributed by atoms with E-state index >= 15 is 0 Å². The normalized spacial score (nSPS) is 7.78. The Labute approximate surface area is 68.7 Å². The second-order valence-electron chi connectivity index (χ2n) is 1.07. The van der Waals surface area contributed by atoms with Crippen LogP contribution in [0.3, 0.4) is 0 Å². The Kier molecular flexibility index (Phi) is 4.87. The van der Waals surface area contributed by atoms with Crippen LogP contribution in [0.4, 0.5) is 0 Å². The van der Waals surface area contributed by atoms with Crippen molar-refractivity contribution in [2.75, 3.05) is 0 Å². The summed E-state index contributed by atoms with van der Waals surface area (Å²) in [6.07, 6.45) is 0. The molecule has 0 saturated heterocycles. The molecule has 0 fully saturated rings. The predicted octanol–water partition coefficient (Wildman–Crippen LogP) is 3.86. The van der Waals surface area contributed by atoms with Crippen LogP contribution in [0.1, 0.15) is 0 Å². The van der Waals surface area contributed by atoms with Crippen LogP contribution in [-0.4, -0.2) is 0 Å². The highest BCUT2D eigenvalue weighted by Crippen LogP contribution is 2.24. The Morgan fingerprint density at radius 2 is 1.44 bits per heavy atom. The maximum absolute atomic E-state index is 5.50. The Balaban J connectivity index is 0.000000291. The number of rotatable bonds is 0. The fraction of sp³-hybridized carbons (Fsp3) is 0. The van der Waals surface area contributed by atoms with Gasteiger partial charge in [-0.2, -0.15) is 0 Å². The van der Waals surface area contributed by atoms with E-state index in [-0.39, 0.29) is 0 Å². The van der Waals surface area contributed by atoms with Crippen LogP contribution in [0.25, 0.3) is 0 Å². The molecule has 0 aromatic carbocycles. The van der Waals surface area contributed by atoms with Crippen molar-refractivity contribution in [3.63, 3.8) is 0 Å². The molecule has 0 saturated carbocycles. The fourth-order valence-corrected chi connectivity index (χ4v) is 1.37. The molecule has 0 aliphatic carbocycles. The van der Waals surface area contributed by atoms with Gasteiger partial charge in [0.25, 0.3) is 0 Å². The summed E-state index contributed by atoms with van der Waals surface area (Å²) in [6.45, 7) is 6.00. The van der Waals surface area contributed by atoms with Crippen LogP contribution in [0.15, 0.2) is 23.9 Å². The second kappa shape index (κ2) is 4.86. The first-order valence-electron chi connectivity index (χ1n) is 2.18. The molecule has 0 unspecified atom stereocenters. The Hall–Kier alpha value is 0.0200. The summed E-state index contributed by atoms with van der Waals surface area (Å²) >= 11 is 12.5. The number of hydrogen-bond donors (Lipinski definition) is 0. The summed E-state index contributed by atoms with van der Waals surface area (Å²) in [5, 5.41) is 4.88. The Morgan fingerprint density at radius 3 is 1.56 bits per heavy atom. The molecular formula is C6H6Cl2S. The number of hydrogen-bond acceptors (Lipinski definition) is 1. The maximum atomic E-state index is 5.50. The molecule has 0 radical (unpaired) electrons. The van der Waals surface area contributed by atoms with Crippen molar-refractivity contribution in [2.24, 2.45) is 0 Å². The van der Waals surface area contributed by atoms with Crippen LogP contribution in [-0.2, 0) is 0 Å². The van der Waals surface area contributed by atoms with Gasteiger partial charge in [0.1, 0.15) is 0 Å². The zero-order valence-corrected chi connectivity index (χ0v) is 7.06. The van der Waals surface area contributed by atoms with E-state index in [1.807, 2.05) is 0 Å². The predicted molar refractivity (Wildman–Crippen MR) is 45.6 cm³/mol. The van der Waals surface area contributed by atoms with E-state index in [4.69, 9.17) is 23.2 Å². The summed E-state index contributed by atoms with van der Waals surface area (Å²) in [5.74, 6) is 0. The molecule has 1 aromatic rings. The third kappa shape index (κ3) is 2.89. The van der Waals surface area contributed by atoms with Crippen molar-refractivity contribution in [3.8, 4) is 0 Å². The molecule has 0 nitrogen and oxygen atoms in total. The standard InChI is InChI=1S/C4H2Cl2S.C2H4/c5-3-1-7-2-4(3)6;1-2/h1-2H;1-2H2. The van der Waals surface area contributed by atoms with Gasteiger partial charge in [-0.3, -0.25) is 0 Å². The van der Waals surface area contributed by atoms with Gasteiger partial charge in [0.05, 0.1) is 10.0 Å². The first-order chi connectivity index (χ1) is 4.30. The Bertz CT molecular complexity index is 155. The highest BCUT2D eigenvalue weighted by Gasteiger charge is 1.92. The van der Waals surface area contributed by atoms with Gasteiger partial charge < -0.3 is 0 Å². The summed E-state index contributed by atoms with van der Waals surface area (Å²) < 4.78 is 0. The van der Waals surface area contributed by atoms with Crippen molar-refractivity contribution in [2.45, 2.75) is 0 Å². The largest absolute Gasteiger partial charge is 0.149 e. The molecule has 1 rings (SSSR count). The first kappa shape index (κ1) is 9.02. The monoisotopic (exact) mass is 180 g/mol. The fourth-order valence-electron chi connectivity index (χ4n) is 0.266. The summed E-state index contributed by atoms with van der Waals surface area (Å²) in [7, 11) is 0. The first-order valence-corrected chi connectivity index (χ1v) is 3.88. The summed E-state index contributed by atoms with van der Waals surface area (Å²) in [6, 6.07) is 0. The molecule has 0 amide bonds. The lowest BCUT2D eigenvalue weighted by atomic mass is 10.7. The van der Waals surface area contributed by atoms with Gasteiger partial charge in [-0.05, 0) is 0 Å². The van der Waals surface area contributed by atoms with Gasteiger partial charge in [-0.15, -0.1) is 24.5 Å². The highest BCUT2D eigenvalue weighted by atomic mass is 35.5. The van der Waals surface area contributed by atoms with Gasteiger partial charge in [-0.25, -0.2) is 0 Å². The van der Waals surface area contributed by atoms with E-state index in [9.17, 15) is 0 Å². The smallest absolute Gasteiger partial charge is 0.0699 e. The maximum Gasteiger partial charge on any atom is 0.0699 e. The van der Waals surface area contributed by atoms with Gasteiger partial charge in [0, 0.05) is 10.8 Å². The van der Waals surface area contributed by atoms with Crippen LogP contribution in [0, 0.1) is 0 Å². The summed E-state index contributed by atoms with van der Waals surface area (Å²) in [4.78, 5) is 0. The molecule has 0 aliphatic heterocycles. The zero-order valence-electron chi connectivity index (χ0n) is 4.73. The number of thiophene rings is 1. The van der Waals surface area contributed by atoms with Crippen molar-refractivity contribution < 1.29 is 0 Å². The molecule has 0 N–H and O–H groups in total. The average molecular weight is 181 g/mol. The quantitative estimate of drug-likeness (QED) is 0.533. The van der Waals surface area contributed by atoms with Gasteiger partial charge >= 0.3 is 0 Å². The van der Waals surface area contributed by atoms with E-state index in [1.54, 1.807) is 10.8 Å². The van der Waals surface area contributed by atoms with Crippen LogP contribution < -0.4 is 0 Å². The van der Waals surface area contributed by atoms with Crippen molar-refractivity contribution >= 4 is 34.5 Å². The minimum absolute atomic E-state index is 0.645. The molecule has 50 valence electrons. The molecule has 9 heavy (non-hydrogen) atoms. The lowest BCUT2D eigenvalue weighted by Crippen LogP contribution is -1.45. The molecule has 0 bridgehead atoms. The molecular weight excluding hydrogens is 175 g/mol.